The summed E-state index contributed by atoms with van der Waals surface area (Å²) in [5.41, 5.74) is 12.4. The van der Waals surface area contributed by atoms with E-state index < -0.39 is 0 Å². The summed E-state index contributed by atoms with van der Waals surface area (Å²) in [6, 6.07) is 75.1. The third-order valence-corrected chi connectivity index (χ3v) is 11.8. The first-order valence-corrected chi connectivity index (χ1v) is 19.8. The van der Waals surface area contributed by atoms with Crippen molar-refractivity contribution >= 4 is 54.1 Å². The minimum atomic E-state index is 0.440. The predicted octanol–water partition coefficient (Wildman–Crippen LogP) is 14.7. The molecule has 0 aliphatic rings. The van der Waals surface area contributed by atoms with Crippen molar-refractivity contribution < 1.29 is 0 Å². The molecule has 272 valence electrons. The number of benzene rings is 10. The van der Waals surface area contributed by atoms with Crippen LogP contribution in [0.3, 0.4) is 0 Å². The second-order valence-corrected chi connectivity index (χ2v) is 15.0. The Morgan fingerprint density at radius 1 is 0.305 bits per heavy atom. The zero-order chi connectivity index (χ0) is 39.5. The first-order chi connectivity index (χ1) is 29.2. The Kier molecular flexibility index (Phi) is 7.93. The van der Waals surface area contributed by atoms with Crippen LogP contribution in [0.25, 0.3) is 104 Å². The molecule has 0 atom stereocenters. The van der Waals surface area contributed by atoms with Gasteiger partial charge in [0.25, 0.3) is 0 Å². The molecule has 1 heterocycles. The molecule has 11 aromatic rings. The van der Waals surface area contributed by atoms with Crippen molar-refractivity contribution in [1.82, 2.24) is 4.57 Å². The van der Waals surface area contributed by atoms with E-state index in [0.29, 0.717) is 11.1 Å². The van der Waals surface area contributed by atoms with E-state index in [0.717, 1.165) is 82.8 Å². The molecular formula is C56H33N3. The van der Waals surface area contributed by atoms with Crippen molar-refractivity contribution in [3.63, 3.8) is 0 Å². The summed E-state index contributed by atoms with van der Waals surface area (Å²) in [5, 5.41) is 30.1. The fraction of sp³-hybridized carbons (Fsp3) is 0. The SMILES string of the molecule is N#Cc1cc(C#N)cc(-c2c(-c3ccc(-n4c5ccccc5c5ccccc54)cc3)c(-c3ccccc3)c3c4ccccc4c4ccccc4c3c2-c2ccccc2)c1. The maximum absolute atomic E-state index is 10.4. The molecular weight excluding hydrogens is 715 g/mol. The molecule has 0 aliphatic carbocycles. The second kappa shape index (κ2) is 13.7. The summed E-state index contributed by atoms with van der Waals surface area (Å²) >= 11 is 0. The maximum Gasteiger partial charge on any atom is 0.0992 e. The highest BCUT2D eigenvalue weighted by atomic mass is 15.0. The molecule has 0 N–H and O–H groups in total. The Labute approximate surface area is 341 Å². The van der Waals surface area contributed by atoms with Gasteiger partial charge in [-0.1, -0.05) is 158 Å². The molecule has 10 aromatic carbocycles. The van der Waals surface area contributed by atoms with Crippen LogP contribution in [0, 0.1) is 22.7 Å². The average Bonchev–Trinajstić information content (AvgIpc) is 3.65. The first kappa shape index (κ1) is 34.0. The number of hydrogen-bond donors (Lipinski definition) is 0. The Morgan fingerprint density at radius 2 is 0.678 bits per heavy atom. The van der Waals surface area contributed by atoms with E-state index in [4.69, 9.17) is 0 Å². The fourth-order valence-electron chi connectivity index (χ4n) is 9.40. The summed E-state index contributed by atoms with van der Waals surface area (Å²) < 4.78 is 2.35. The number of rotatable bonds is 5. The highest BCUT2D eigenvalue weighted by Gasteiger charge is 2.27. The van der Waals surface area contributed by atoms with E-state index >= 15 is 0 Å². The van der Waals surface area contributed by atoms with Gasteiger partial charge in [-0.05, 0) is 119 Å². The van der Waals surface area contributed by atoms with Crippen molar-refractivity contribution in [2.45, 2.75) is 0 Å². The number of nitrogens with zero attached hydrogens (tertiary/aromatic N) is 3. The monoisotopic (exact) mass is 747 g/mol. The van der Waals surface area contributed by atoms with Crippen LogP contribution in [0.4, 0.5) is 0 Å². The van der Waals surface area contributed by atoms with E-state index in [-0.39, 0.29) is 0 Å². The Morgan fingerprint density at radius 3 is 1.14 bits per heavy atom. The third-order valence-electron chi connectivity index (χ3n) is 11.8. The van der Waals surface area contributed by atoms with Crippen LogP contribution in [0.5, 0.6) is 0 Å². The molecule has 59 heavy (non-hydrogen) atoms. The summed E-state index contributed by atoms with van der Waals surface area (Å²) in [6.07, 6.45) is 0. The Bertz CT molecular complexity index is 3460. The van der Waals surface area contributed by atoms with Crippen molar-refractivity contribution in [3.8, 4) is 62.3 Å². The molecule has 1 aromatic heterocycles. The molecule has 11 rings (SSSR count). The summed E-state index contributed by atoms with van der Waals surface area (Å²) in [4.78, 5) is 0. The van der Waals surface area contributed by atoms with Gasteiger partial charge < -0.3 is 4.57 Å². The lowest BCUT2D eigenvalue weighted by atomic mass is 9.76. The molecule has 0 amide bonds. The Balaban J connectivity index is 1.36. The lowest BCUT2D eigenvalue weighted by Crippen LogP contribution is -2.00. The van der Waals surface area contributed by atoms with E-state index in [1.165, 1.54) is 21.5 Å². The van der Waals surface area contributed by atoms with Gasteiger partial charge in [0, 0.05) is 16.5 Å². The lowest BCUT2D eigenvalue weighted by Gasteiger charge is -2.26. The Hall–Kier alpha value is -8.24. The van der Waals surface area contributed by atoms with Gasteiger partial charge in [-0.15, -0.1) is 0 Å². The molecule has 3 heteroatoms. The van der Waals surface area contributed by atoms with Crippen molar-refractivity contribution in [2.75, 3.05) is 0 Å². The number of aromatic nitrogens is 1. The number of hydrogen-bond acceptors (Lipinski definition) is 2. The van der Waals surface area contributed by atoms with Gasteiger partial charge in [0.15, 0.2) is 0 Å². The first-order valence-electron chi connectivity index (χ1n) is 19.8. The largest absolute Gasteiger partial charge is 0.309 e. The standard InChI is InChI=1S/C56H33N3/c57-34-36-31-37(35-58)33-41(32-36)54-51(40-27-29-42(30-28-40)59-49-25-13-11-21-45(49)46-22-12-14-26-50(46)59)52(38-15-3-1-4-16-38)55-47-23-9-7-19-43(47)44-20-8-10-24-48(44)56(55)53(54)39-17-5-2-6-18-39/h1-33H. The number of nitriles is 2. The van der Waals surface area contributed by atoms with Crippen LogP contribution in [-0.4, -0.2) is 4.57 Å². The van der Waals surface area contributed by atoms with Crippen LogP contribution in [0.2, 0.25) is 0 Å². The second-order valence-electron chi connectivity index (χ2n) is 15.0. The molecule has 0 aliphatic heterocycles. The number of para-hydroxylation sites is 2. The van der Waals surface area contributed by atoms with Crippen molar-refractivity contribution in [3.05, 3.63) is 211 Å². The summed E-state index contributed by atoms with van der Waals surface area (Å²) in [6.45, 7) is 0. The highest BCUT2D eigenvalue weighted by molar-refractivity contribution is 6.35. The maximum atomic E-state index is 10.4. The van der Waals surface area contributed by atoms with E-state index in [9.17, 15) is 10.5 Å². The predicted molar refractivity (Wildman–Crippen MR) is 244 cm³/mol. The van der Waals surface area contributed by atoms with Crippen LogP contribution in [0.15, 0.2) is 200 Å². The van der Waals surface area contributed by atoms with Crippen LogP contribution in [0.1, 0.15) is 11.1 Å². The number of fused-ring (bicyclic) bond motifs is 9. The van der Waals surface area contributed by atoms with Crippen LogP contribution < -0.4 is 0 Å². The van der Waals surface area contributed by atoms with Gasteiger partial charge in [0.1, 0.15) is 0 Å². The van der Waals surface area contributed by atoms with E-state index in [1.54, 1.807) is 6.07 Å². The van der Waals surface area contributed by atoms with Gasteiger partial charge in [0.05, 0.1) is 34.3 Å². The van der Waals surface area contributed by atoms with Gasteiger partial charge in [-0.25, -0.2) is 0 Å². The average molecular weight is 748 g/mol. The summed E-state index contributed by atoms with van der Waals surface area (Å²) in [7, 11) is 0. The van der Waals surface area contributed by atoms with E-state index in [1.807, 2.05) is 12.1 Å². The van der Waals surface area contributed by atoms with Gasteiger partial charge >= 0.3 is 0 Å². The van der Waals surface area contributed by atoms with E-state index in [2.05, 4.69) is 199 Å². The highest BCUT2D eigenvalue weighted by Crippen LogP contribution is 2.54. The smallest absolute Gasteiger partial charge is 0.0992 e. The quantitative estimate of drug-likeness (QED) is 0.165. The topological polar surface area (TPSA) is 52.5 Å². The molecule has 0 spiro atoms. The molecule has 0 unspecified atom stereocenters. The fourth-order valence-corrected chi connectivity index (χ4v) is 9.40. The lowest BCUT2D eigenvalue weighted by molar-refractivity contribution is 1.18. The van der Waals surface area contributed by atoms with Crippen LogP contribution in [-0.2, 0) is 0 Å². The molecule has 0 saturated heterocycles. The molecule has 0 saturated carbocycles. The normalized spacial score (nSPS) is 11.4. The zero-order valence-electron chi connectivity index (χ0n) is 31.9. The molecule has 0 bridgehead atoms. The van der Waals surface area contributed by atoms with Gasteiger partial charge in [-0.3, -0.25) is 0 Å². The third kappa shape index (κ3) is 5.34. The minimum Gasteiger partial charge on any atom is -0.309 e. The molecule has 0 fully saturated rings. The molecule has 0 radical (unpaired) electrons. The van der Waals surface area contributed by atoms with Crippen molar-refractivity contribution in [2.24, 2.45) is 0 Å². The van der Waals surface area contributed by atoms with Crippen LogP contribution >= 0.6 is 0 Å². The van der Waals surface area contributed by atoms with Gasteiger partial charge in [0.2, 0.25) is 0 Å². The minimum absolute atomic E-state index is 0.440. The van der Waals surface area contributed by atoms with Crippen molar-refractivity contribution in [1.29, 1.82) is 10.5 Å². The summed E-state index contributed by atoms with van der Waals surface area (Å²) in [5.74, 6) is 0. The zero-order valence-corrected chi connectivity index (χ0v) is 31.9. The molecule has 3 nitrogen and oxygen atoms in total. The van der Waals surface area contributed by atoms with Gasteiger partial charge in [-0.2, -0.15) is 10.5 Å².